The van der Waals surface area contributed by atoms with Gasteiger partial charge in [-0.25, -0.2) is 4.39 Å². The Morgan fingerprint density at radius 1 is 1.56 bits per heavy atom. The molecule has 0 amide bonds. The zero-order valence-electron chi connectivity index (χ0n) is 9.39. The summed E-state index contributed by atoms with van der Waals surface area (Å²) in [5.41, 5.74) is 5.41. The molecule has 0 spiro atoms. The van der Waals surface area contributed by atoms with Crippen molar-refractivity contribution in [3.05, 3.63) is 40.3 Å². The summed E-state index contributed by atoms with van der Waals surface area (Å²) in [6, 6.07) is 4.00. The van der Waals surface area contributed by atoms with Crippen molar-refractivity contribution in [3.8, 4) is 0 Å². The fourth-order valence-corrected chi connectivity index (χ4v) is 1.71. The van der Waals surface area contributed by atoms with E-state index in [0.717, 1.165) is 6.07 Å². The summed E-state index contributed by atoms with van der Waals surface area (Å²) < 4.78 is 13.8. The molecule has 94 valence electrons. The van der Waals surface area contributed by atoms with Crippen LogP contribution in [0.4, 0.5) is 15.8 Å². The molecule has 2 rings (SSSR count). The van der Waals surface area contributed by atoms with Gasteiger partial charge in [0, 0.05) is 19.3 Å². The van der Waals surface area contributed by atoms with Crippen LogP contribution in [0.5, 0.6) is 0 Å². The van der Waals surface area contributed by atoms with Gasteiger partial charge >= 0.3 is 0 Å². The molecular weight excluding hydrogens is 239 g/mol. The molecule has 2 aromatic rings. The predicted octanol–water partition coefficient (Wildman–Crippen LogP) is 1.65. The number of non-ortho nitro benzene ring substituents is 1. The van der Waals surface area contributed by atoms with Crippen LogP contribution >= 0.6 is 0 Å². The molecule has 1 heterocycles. The zero-order chi connectivity index (χ0) is 13.1. The largest absolute Gasteiger partial charge is 0.380 e. The zero-order valence-corrected chi connectivity index (χ0v) is 9.39. The highest BCUT2D eigenvalue weighted by Crippen LogP contribution is 2.32. The third-order valence-electron chi connectivity index (χ3n) is 2.47. The van der Waals surface area contributed by atoms with E-state index in [1.165, 1.54) is 12.3 Å². The van der Waals surface area contributed by atoms with Crippen molar-refractivity contribution in [2.75, 3.05) is 18.4 Å². The smallest absolute Gasteiger partial charge is 0.281 e. The maximum absolute atomic E-state index is 13.8. The van der Waals surface area contributed by atoms with Crippen molar-refractivity contribution in [1.82, 2.24) is 4.98 Å². The van der Waals surface area contributed by atoms with Crippen LogP contribution in [-0.4, -0.2) is 23.0 Å². The first-order chi connectivity index (χ1) is 8.65. The van der Waals surface area contributed by atoms with Gasteiger partial charge < -0.3 is 11.1 Å². The highest BCUT2D eigenvalue weighted by molar-refractivity contribution is 5.97. The summed E-state index contributed by atoms with van der Waals surface area (Å²) in [6.07, 6.45) is 1.46. The lowest BCUT2D eigenvalue weighted by atomic mass is 10.1. The molecular formula is C11H11FN4O2. The second-order valence-corrected chi connectivity index (χ2v) is 3.62. The first kappa shape index (κ1) is 12.2. The number of hydrogen-bond donors (Lipinski definition) is 2. The molecule has 0 radical (unpaired) electrons. The van der Waals surface area contributed by atoms with Gasteiger partial charge in [-0.3, -0.25) is 15.1 Å². The maximum atomic E-state index is 13.8. The Bertz CT molecular complexity index is 603. The van der Waals surface area contributed by atoms with Gasteiger partial charge in [0.2, 0.25) is 0 Å². The normalized spacial score (nSPS) is 10.6. The minimum Gasteiger partial charge on any atom is -0.380 e. The van der Waals surface area contributed by atoms with Gasteiger partial charge in [-0.05, 0) is 12.1 Å². The minimum atomic E-state index is -0.707. The van der Waals surface area contributed by atoms with Crippen LogP contribution in [0.25, 0.3) is 10.9 Å². The molecule has 1 aromatic heterocycles. The number of nitro groups is 1. The SMILES string of the molecule is NCCNc1c(F)cc([N+](=O)[O-])c2cccnc12. The second kappa shape index (κ2) is 4.92. The third kappa shape index (κ3) is 2.07. The predicted molar refractivity (Wildman–Crippen MR) is 65.9 cm³/mol. The maximum Gasteiger partial charge on any atom is 0.281 e. The van der Waals surface area contributed by atoms with Crippen LogP contribution in [0.3, 0.4) is 0 Å². The summed E-state index contributed by atoms with van der Waals surface area (Å²) in [7, 11) is 0. The monoisotopic (exact) mass is 250 g/mol. The number of nitrogens with one attached hydrogen (secondary N) is 1. The van der Waals surface area contributed by atoms with Crippen molar-refractivity contribution in [3.63, 3.8) is 0 Å². The van der Waals surface area contributed by atoms with Crippen LogP contribution in [0.2, 0.25) is 0 Å². The summed E-state index contributed by atoms with van der Waals surface area (Å²) in [5.74, 6) is -0.707. The van der Waals surface area contributed by atoms with Gasteiger partial charge in [0.15, 0.2) is 5.82 Å². The Morgan fingerprint density at radius 2 is 2.33 bits per heavy atom. The van der Waals surface area contributed by atoms with Crippen molar-refractivity contribution < 1.29 is 9.31 Å². The number of fused-ring (bicyclic) bond motifs is 1. The van der Waals surface area contributed by atoms with Crippen LogP contribution in [0.15, 0.2) is 24.4 Å². The highest BCUT2D eigenvalue weighted by Gasteiger charge is 2.19. The quantitative estimate of drug-likeness (QED) is 0.635. The summed E-state index contributed by atoms with van der Waals surface area (Å²) >= 11 is 0. The van der Waals surface area contributed by atoms with Crippen molar-refractivity contribution in [1.29, 1.82) is 0 Å². The number of anilines is 1. The fourth-order valence-electron chi connectivity index (χ4n) is 1.71. The van der Waals surface area contributed by atoms with Gasteiger partial charge in [-0.1, -0.05) is 0 Å². The number of nitrogens with two attached hydrogens (primary N) is 1. The molecule has 3 N–H and O–H groups in total. The summed E-state index contributed by atoms with van der Waals surface area (Å²) in [4.78, 5) is 14.2. The van der Waals surface area contributed by atoms with E-state index in [2.05, 4.69) is 10.3 Å². The van der Waals surface area contributed by atoms with Gasteiger partial charge in [-0.2, -0.15) is 0 Å². The number of nitrogens with zero attached hydrogens (tertiary/aromatic N) is 2. The van der Waals surface area contributed by atoms with E-state index in [1.807, 2.05) is 0 Å². The van der Waals surface area contributed by atoms with E-state index in [9.17, 15) is 14.5 Å². The van der Waals surface area contributed by atoms with E-state index in [4.69, 9.17) is 5.73 Å². The number of benzene rings is 1. The molecule has 0 saturated heterocycles. The van der Waals surface area contributed by atoms with Crippen molar-refractivity contribution in [2.45, 2.75) is 0 Å². The molecule has 0 bridgehead atoms. The number of aromatic nitrogens is 1. The lowest BCUT2D eigenvalue weighted by Gasteiger charge is -2.09. The molecule has 0 aliphatic rings. The number of nitro benzene ring substituents is 1. The molecule has 6 nitrogen and oxygen atoms in total. The van der Waals surface area contributed by atoms with Gasteiger partial charge in [0.1, 0.15) is 5.52 Å². The molecule has 18 heavy (non-hydrogen) atoms. The van der Waals surface area contributed by atoms with E-state index in [-0.39, 0.29) is 16.9 Å². The Labute approximate surface area is 102 Å². The van der Waals surface area contributed by atoms with E-state index in [1.54, 1.807) is 6.07 Å². The van der Waals surface area contributed by atoms with Gasteiger partial charge in [0.25, 0.3) is 5.69 Å². The number of halogens is 1. The third-order valence-corrected chi connectivity index (χ3v) is 2.47. The first-order valence-electron chi connectivity index (χ1n) is 5.30. The molecule has 0 atom stereocenters. The van der Waals surface area contributed by atoms with Crippen LogP contribution in [0.1, 0.15) is 0 Å². The van der Waals surface area contributed by atoms with Crippen molar-refractivity contribution in [2.24, 2.45) is 5.73 Å². The topological polar surface area (TPSA) is 94.1 Å². The Morgan fingerprint density at radius 3 is 3.00 bits per heavy atom. The standard InChI is InChI=1S/C11H11FN4O2/c12-8-6-9(16(17)18)7-2-1-4-14-10(7)11(8)15-5-3-13/h1-2,4,6,15H,3,5,13H2. The Hall–Kier alpha value is -2.28. The van der Waals surface area contributed by atoms with Crippen molar-refractivity contribution >= 4 is 22.3 Å². The first-order valence-corrected chi connectivity index (χ1v) is 5.30. The average molecular weight is 250 g/mol. The highest BCUT2D eigenvalue weighted by atomic mass is 19.1. The van der Waals surface area contributed by atoms with Gasteiger partial charge in [-0.15, -0.1) is 0 Å². The van der Waals surface area contributed by atoms with E-state index < -0.39 is 10.7 Å². The van der Waals surface area contributed by atoms with E-state index in [0.29, 0.717) is 18.5 Å². The lowest BCUT2D eigenvalue weighted by Crippen LogP contribution is -2.14. The minimum absolute atomic E-state index is 0.140. The average Bonchev–Trinajstić information content (AvgIpc) is 2.36. The lowest BCUT2D eigenvalue weighted by molar-refractivity contribution is -0.383. The summed E-state index contributed by atoms with van der Waals surface area (Å²) in [6.45, 7) is 0.686. The number of hydrogen-bond acceptors (Lipinski definition) is 5. The molecule has 0 fully saturated rings. The fraction of sp³-hybridized carbons (Fsp3) is 0.182. The van der Waals surface area contributed by atoms with Gasteiger partial charge in [0.05, 0.1) is 22.1 Å². The molecule has 0 saturated carbocycles. The van der Waals surface area contributed by atoms with E-state index >= 15 is 0 Å². The van der Waals surface area contributed by atoms with Crippen LogP contribution < -0.4 is 11.1 Å². The summed E-state index contributed by atoms with van der Waals surface area (Å²) in [5, 5.41) is 13.9. The molecule has 0 aliphatic carbocycles. The van der Waals surface area contributed by atoms with Crippen LogP contribution in [0, 0.1) is 15.9 Å². The molecule has 1 aromatic carbocycles. The Kier molecular flexibility index (Phi) is 3.33. The molecule has 7 heteroatoms. The van der Waals surface area contributed by atoms with Crippen LogP contribution in [-0.2, 0) is 0 Å². The number of pyridine rings is 1. The Balaban J connectivity index is 2.69. The molecule has 0 unspecified atom stereocenters. The molecule has 0 aliphatic heterocycles. The second-order valence-electron chi connectivity index (χ2n) is 3.62. The number of rotatable bonds is 4.